The van der Waals surface area contributed by atoms with E-state index in [1.54, 1.807) is 13.2 Å². The lowest BCUT2D eigenvalue weighted by atomic mass is 9.86. The third-order valence-electron chi connectivity index (χ3n) is 3.36. The van der Waals surface area contributed by atoms with E-state index < -0.39 is 11.6 Å². The molecule has 2 atom stereocenters. The molecule has 1 aromatic carbocycles. The predicted molar refractivity (Wildman–Crippen MR) is 54.9 cm³/mol. The van der Waals surface area contributed by atoms with Crippen molar-refractivity contribution in [3.8, 4) is 0 Å². The molecule has 0 bridgehead atoms. The van der Waals surface area contributed by atoms with Gasteiger partial charge in [0.25, 0.3) is 5.79 Å². The number of ether oxygens (including phenoxy) is 3. The molecule has 0 amide bonds. The third kappa shape index (κ3) is 0.923. The van der Waals surface area contributed by atoms with Gasteiger partial charge in [-0.2, -0.15) is 0 Å². The average molecular weight is 220 g/mol. The van der Waals surface area contributed by atoms with E-state index in [1.165, 1.54) is 7.11 Å². The van der Waals surface area contributed by atoms with E-state index in [2.05, 4.69) is 0 Å². The topological polar surface area (TPSA) is 48.1 Å². The Balaban J connectivity index is 2.20. The summed E-state index contributed by atoms with van der Waals surface area (Å²) in [5, 5.41) is 0. The summed E-state index contributed by atoms with van der Waals surface area (Å²) >= 11 is 0. The first-order valence-corrected chi connectivity index (χ1v) is 5.12. The predicted octanol–water partition coefficient (Wildman–Crippen LogP) is 1.45. The van der Waals surface area contributed by atoms with Crippen LogP contribution < -0.4 is 0 Å². The molecule has 1 aromatic rings. The molecule has 84 valence electrons. The van der Waals surface area contributed by atoms with Crippen molar-refractivity contribution in [1.29, 1.82) is 0 Å². The van der Waals surface area contributed by atoms with Gasteiger partial charge < -0.3 is 14.2 Å². The fraction of sp³-hybridized carbons (Fsp3) is 0.417. The van der Waals surface area contributed by atoms with Crippen LogP contribution in [0.2, 0.25) is 0 Å². The Bertz CT molecular complexity index is 470. The van der Waals surface area contributed by atoms with Gasteiger partial charge in [-0.25, -0.2) is 0 Å². The van der Waals surface area contributed by atoms with E-state index in [0.717, 1.165) is 5.56 Å². The molecule has 3 rings (SSSR count). The molecule has 16 heavy (non-hydrogen) atoms. The number of Topliss-reactive ketones (excluding diaryl/α,β-unsaturated/α-hetero) is 1. The van der Waals surface area contributed by atoms with Crippen LogP contribution in [0.3, 0.4) is 0 Å². The number of hydrogen-bond acceptors (Lipinski definition) is 4. The highest BCUT2D eigenvalue weighted by Crippen LogP contribution is 2.62. The first kappa shape index (κ1) is 9.96. The van der Waals surface area contributed by atoms with Crippen molar-refractivity contribution in [3.63, 3.8) is 0 Å². The first-order valence-electron chi connectivity index (χ1n) is 5.12. The molecule has 1 fully saturated rings. The number of carbonyl (C=O) groups excluding carboxylic acids is 1. The van der Waals surface area contributed by atoms with Crippen LogP contribution in [0.1, 0.15) is 22.3 Å². The number of benzene rings is 1. The van der Waals surface area contributed by atoms with Gasteiger partial charge in [0.05, 0.1) is 6.42 Å². The SMILES string of the molecule is COC12CC(=O)c3ccccc3C1(OC)O2. The van der Waals surface area contributed by atoms with Crippen molar-refractivity contribution < 1.29 is 19.0 Å². The van der Waals surface area contributed by atoms with Crippen molar-refractivity contribution in [2.75, 3.05) is 14.2 Å². The molecule has 1 heterocycles. The Morgan fingerprint density at radius 1 is 1.25 bits per heavy atom. The van der Waals surface area contributed by atoms with Crippen LogP contribution in [-0.4, -0.2) is 25.8 Å². The van der Waals surface area contributed by atoms with Crippen LogP contribution >= 0.6 is 0 Å². The summed E-state index contributed by atoms with van der Waals surface area (Å²) in [6.07, 6.45) is 0.203. The number of rotatable bonds is 2. The molecule has 4 nitrogen and oxygen atoms in total. The minimum Gasteiger partial charge on any atom is -0.348 e. The molecule has 4 heteroatoms. The molecule has 0 N–H and O–H groups in total. The molecule has 0 spiro atoms. The van der Waals surface area contributed by atoms with Crippen molar-refractivity contribution in [2.24, 2.45) is 0 Å². The monoisotopic (exact) mass is 220 g/mol. The van der Waals surface area contributed by atoms with E-state index in [4.69, 9.17) is 14.2 Å². The Morgan fingerprint density at radius 2 is 2.00 bits per heavy atom. The summed E-state index contributed by atoms with van der Waals surface area (Å²) < 4.78 is 16.3. The summed E-state index contributed by atoms with van der Waals surface area (Å²) in [5.74, 6) is -1.79. The molecular formula is C12H12O4. The van der Waals surface area contributed by atoms with Gasteiger partial charge in [-0.05, 0) is 0 Å². The molecule has 0 saturated carbocycles. The molecule has 1 saturated heterocycles. The van der Waals surface area contributed by atoms with Crippen LogP contribution in [0, 0.1) is 0 Å². The molecule has 0 aromatic heterocycles. The second kappa shape index (κ2) is 2.91. The summed E-state index contributed by atoms with van der Waals surface area (Å²) in [6, 6.07) is 7.33. The standard InChI is InChI=1S/C12H12O4/c1-14-11-7-10(13)8-5-3-4-6-9(8)12(11,15-2)16-11/h3-6H,7H2,1-2H3. The van der Waals surface area contributed by atoms with E-state index in [0.29, 0.717) is 5.56 Å². The minimum absolute atomic E-state index is 0.0302. The summed E-state index contributed by atoms with van der Waals surface area (Å²) in [4.78, 5) is 11.9. The number of epoxide rings is 1. The van der Waals surface area contributed by atoms with Crippen LogP contribution in [0.4, 0.5) is 0 Å². The Morgan fingerprint density at radius 3 is 2.69 bits per heavy atom. The quantitative estimate of drug-likeness (QED) is 0.708. The third-order valence-corrected chi connectivity index (χ3v) is 3.36. The van der Waals surface area contributed by atoms with E-state index in [1.807, 2.05) is 18.2 Å². The van der Waals surface area contributed by atoms with E-state index in [9.17, 15) is 4.79 Å². The summed E-state index contributed by atoms with van der Waals surface area (Å²) in [5.41, 5.74) is 1.42. The van der Waals surface area contributed by atoms with Crippen molar-refractivity contribution in [3.05, 3.63) is 35.4 Å². The minimum atomic E-state index is -0.923. The molecular weight excluding hydrogens is 208 g/mol. The fourth-order valence-electron chi connectivity index (χ4n) is 2.49. The van der Waals surface area contributed by atoms with Crippen LogP contribution in [-0.2, 0) is 20.0 Å². The summed E-state index contributed by atoms with van der Waals surface area (Å²) in [7, 11) is 3.09. The Labute approximate surface area is 93.1 Å². The van der Waals surface area contributed by atoms with Crippen molar-refractivity contribution >= 4 is 5.78 Å². The molecule has 1 aliphatic carbocycles. The largest absolute Gasteiger partial charge is 0.348 e. The Hall–Kier alpha value is -1.23. The number of methoxy groups -OCH3 is 2. The second-order valence-electron chi connectivity index (χ2n) is 4.03. The van der Waals surface area contributed by atoms with Gasteiger partial charge >= 0.3 is 0 Å². The van der Waals surface area contributed by atoms with Gasteiger partial charge in [0.2, 0.25) is 5.79 Å². The normalized spacial score (nSPS) is 35.5. The zero-order chi connectivity index (χ0) is 11.4. The van der Waals surface area contributed by atoms with Crippen molar-refractivity contribution in [1.82, 2.24) is 0 Å². The molecule has 2 aliphatic rings. The van der Waals surface area contributed by atoms with Crippen LogP contribution in [0.25, 0.3) is 0 Å². The molecule has 2 unspecified atom stereocenters. The highest BCUT2D eigenvalue weighted by Gasteiger charge is 2.77. The fourth-order valence-corrected chi connectivity index (χ4v) is 2.49. The molecule has 1 aliphatic heterocycles. The maximum atomic E-state index is 11.9. The maximum absolute atomic E-state index is 11.9. The number of hydrogen-bond donors (Lipinski definition) is 0. The number of fused-ring (bicyclic) bond motifs is 3. The highest BCUT2D eigenvalue weighted by atomic mass is 16.9. The average Bonchev–Trinajstić information content (AvgIpc) is 3.00. The zero-order valence-corrected chi connectivity index (χ0v) is 9.15. The van der Waals surface area contributed by atoms with E-state index in [-0.39, 0.29) is 12.2 Å². The van der Waals surface area contributed by atoms with Gasteiger partial charge in [-0.3, -0.25) is 4.79 Å². The van der Waals surface area contributed by atoms with Crippen LogP contribution in [0.15, 0.2) is 24.3 Å². The van der Waals surface area contributed by atoms with Gasteiger partial charge in [-0.1, -0.05) is 24.3 Å². The zero-order valence-electron chi connectivity index (χ0n) is 9.15. The highest BCUT2D eigenvalue weighted by molar-refractivity contribution is 6.00. The first-order chi connectivity index (χ1) is 7.69. The Kier molecular flexibility index (Phi) is 1.81. The second-order valence-corrected chi connectivity index (χ2v) is 4.03. The lowest BCUT2D eigenvalue weighted by Gasteiger charge is -2.24. The van der Waals surface area contributed by atoms with Gasteiger partial charge in [0.1, 0.15) is 0 Å². The van der Waals surface area contributed by atoms with Crippen molar-refractivity contribution in [2.45, 2.75) is 18.0 Å². The smallest absolute Gasteiger partial charge is 0.254 e. The van der Waals surface area contributed by atoms with Gasteiger partial charge in [0, 0.05) is 25.3 Å². The van der Waals surface area contributed by atoms with Crippen LogP contribution in [0.5, 0.6) is 0 Å². The number of ketones is 1. The lowest BCUT2D eigenvalue weighted by molar-refractivity contribution is -0.0430. The van der Waals surface area contributed by atoms with E-state index >= 15 is 0 Å². The van der Waals surface area contributed by atoms with Gasteiger partial charge in [-0.15, -0.1) is 0 Å². The maximum Gasteiger partial charge on any atom is 0.254 e. The summed E-state index contributed by atoms with van der Waals surface area (Å²) in [6.45, 7) is 0. The molecule has 0 radical (unpaired) electrons. The lowest BCUT2D eigenvalue weighted by Crippen LogP contribution is -2.36. The number of carbonyl (C=O) groups is 1. The van der Waals surface area contributed by atoms with Gasteiger partial charge in [0.15, 0.2) is 5.78 Å².